The van der Waals surface area contributed by atoms with Crippen LogP contribution in [0.3, 0.4) is 0 Å². The van der Waals surface area contributed by atoms with Gasteiger partial charge in [0.15, 0.2) is 5.82 Å². The molecule has 80 heavy (non-hydrogen) atoms. The number of nitrogens with zero attached hydrogens (tertiary/aromatic N) is 4. The molecule has 0 atom stereocenters. The Kier molecular flexibility index (Phi) is 10.4. The topological polar surface area (TPSA) is 34.0 Å². The maximum atomic E-state index is 5.20. The number of thiophene rings is 1. The summed E-state index contributed by atoms with van der Waals surface area (Å²) in [6, 6.07) is 97.3. The molecule has 0 radical (unpaired) electrons. The molecule has 0 unspecified atom stereocenters. The van der Waals surface area contributed by atoms with E-state index in [2.05, 4.69) is 278 Å². The summed E-state index contributed by atoms with van der Waals surface area (Å²) in [4.78, 5) is 12.8. The van der Waals surface area contributed by atoms with Gasteiger partial charge in [-0.25, -0.2) is 9.97 Å². The van der Waals surface area contributed by atoms with E-state index in [0.717, 1.165) is 50.8 Å². The molecule has 5 heteroatoms. The van der Waals surface area contributed by atoms with Gasteiger partial charge in [-0.3, -0.25) is 0 Å². The van der Waals surface area contributed by atoms with E-state index in [9.17, 15) is 0 Å². The summed E-state index contributed by atoms with van der Waals surface area (Å²) in [7, 11) is 0. The Morgan fingerprint density at radius 1 is 0.375 bits per heavy atom. The van der Waals surface area contributed by atoms with Crippen molar-refractivity contribution in [2.24, 2.45) is 0 Å². The number of hydrogen-bond donors (Lipinski definition) is 0. The van der Waals surface area contributed by atoms with Crippen LogP contribution in [0.15, 0.2) is 267 Å². The maximum Gasteiger partial charge on any atom is 0.160 e. The molecule has 0 fully saturated rings. The predicted molar refractivity (Wildman–Crippen MR) is 338 cm³/mol. The summed E-state index contributed by atoms with van der Waals surface area (Å²) in [6.07, 6.45) is 0. The van der Waals surface area contributed by atoms with Crippen LogP contribution in [0.25, 0.3) is 125 Å². The summed E-state index contributed by atoms with van der Waals surface area (Å²) >= 11 is 1.90. The van der Waals surface area contributed by atoms with Crippen molar-refractivity contribution >= 4 is 91.9 Å². The van der Waals surface area contributed by atoms with Gasteiger partial charge in [0.05, 0.1) is 22.4 Å². The molecule has 4 nitrogen and oxygen atoms in total. The van der Waals surface area contributed by atoms with Gasteiger partial charge in [-0.2, -0.15) is 0 Å². The summed E-state index contributed by atoms with van der Waals surface area (Å²) < 4.78 is 5.04. The first-order chi connectivity index (χ1) is 39.4. The maximum absolute atomic E-state index is 5.20. The van der Waals surface area contributed by atoms with Crippen molar-refractivity contribution in [1.82, 2.24) is 14.5 Å². The van der Waals surface area contributed by atoms with Crippen LogP contribution in [0.2, 0.25) is 0 Å². The van der Waals surface area contributed by atoms with E-state index in [1.807, 2.05) is 23.5 Å². The Morgan fingerprint density at radius 3 is 1.61 bits per heavy atom. The lowest BCUT2D eigenvalue weighted by atomic mass is 9.82. The molecule has 16 rings (SSSR count). The molecule has 0 bridgehead atoms. The molecule has 0 saturated carbocycles. The molecule has 1 aliphatic rings. The summed E-state index contributed by atoms with van der Waals surface area (Å²) in [6.45, 7) is 4.73. The van der Waals surface area contributed by atoms with Crippen molar-refractivity contribution in [3.05, 3.63) is 278 Å². The van der Waals surface area contributed by atoms with Gasteiger partial charge in [-0.1, -0.05) is 202 Å². The average Bonchev–Trinajstić information content (AvgIpc) is 4.19. The van der Waals surface area contributed by atoms with E-state index < -0.39 is 0 Å². The largest absolute Gasteiger partial charge is 0.310 e. The van der Waals surface area contributed by atoms with Gasteiger partial charge in [0, 0.05) is 81.2 Å². The van der Waals surface area contributed by atoms with E-state index in [0.29, 0.717) is 5.82 Å². The molecule has 0 amide bonds. The van der Waals surface area contributed by atoms with Crippen LogP contribution in [-0.4, -0.2) is 14.5 Å². The van der Waals surface area contributed by atoms with Gasteiger partial charge in [0.25, 0.3) is 0 Å². The highest BCUT2D eigenvalue weighted by atomic mass is 32.1. The Bertz CT molecular complexity index is 4890. The number of benzene rings is 12. The minimum Gasteiger partial charge on any atom is -0.310 e. The zero-order valence-corrected chi connectivity index (χ0v) is 44.9. The Labute approximate surface area is 467 Å². The van der Waals surface area contributed by atoms with Crippen LogP contribution in [0.5, 0.6) is 0 Å². The molecule has 0 N–H and O–H groups in total. The first kappa shape index (κ1) is 46.2. The van der Waals surface area contributed by atoms with Gasteiger partial charge in [-0.05, 0) is 128 Å². The fraction of sp³-hybridized carbons (Fsp3) is 0.0400. The molecule has 0 saturated heterocycles. The molecule has 376 valence electrons. The smallest absolute Gasteiger partial charge is 0.160 e. The highest BCUT2D eigenvalue weighted by Crippen LogP contribution is 2.52. The fourth-order valence-electron chi connectivity index (χ4n) is 12.9. The SMILES string of the molecule is CC1(C)c2ccccc2-c2ccc(N(c3ccc(-c4ccccc4)cc3)c3ccc4sc5c(ccc6c5c5c7ccccc7c7ccccc7c5n6-c5ccc(-c6nc(-c7ccccc7)cc(-c7ccccc7)n6)cc5)c4c3)cc21. The Morgan fingerprint density at radius 2 is 0.912 bits per heavy atom. The van der Waals surface area contributed by atoms with Gasteiger partial charge in [-0.15, -0.1) is 11.3 Å². The lowest BCUT2D eigenvalue weighted by molar-refractivity contribution is 0.660. The molecule has 0 spiro atoms. The minimum atomic E-state index is -0.143. The molecule has 3 heterocycles. The monoisotopic (exact) mass is 1040 g/mol. The molecule has 3 aromatic heterocycles. The zero-order chi connectivity index (χ0) is 53.1. The third-order valence-corrected chi connectivity index (χ3v) is 18.0. The fourth-order valence-corrected chi connectivity index (χ4v) is 14.2. The van der Waals surface area contributed by atoms with Gasteiger partial charge >= 0.3 is 0 Å². The average molecular weight is 1040 g/mol. The van der Waals surface area contributed by atoms with Crippen LogP contribution in [0, 0.1) is 0 Å². The second-order valence-corrected chi connectivity index (χ2v) is 22.7. The highest BCUT2D eigenvalue weighted by molar-refractivity contribution is 7.26. The molecular formula is C75H50N4S. The molecule has 12 aromatic carbocycles. The number of rotatable bonds is 8. The summed E-state index contributed by atoms with van der Waals surface area (Å²) in [5, 5.41) is 9.99. The van der Waals surface area contributed by atoms with Crippen molar-refractivity contribution in [3.63, 3.8) is 0 Å². The summed E-state index contributed by atoms with van der Waals surface area (Å²) in [5.41, 5.74) is 19.3. The number of aromatic nitrogens is 3. The van der Waals surface area contributed by atoms with E-state index in [4.69, 9.17) is 9.97 Å². The first-order valence-electron chi connectivity index (χ1n) is 27.5. The van der Waals surface area contributed by atoms with Crippen molar-refractivity contribution < 1.29 is 0 Å². The minimum absolute atomic E-state index is 0.143. The number of hydrogen-bond acceptors (Lipinski definition) is 4. The second-order valence-electron chi connectivity index (χ2n) is 21.7. The van der Waals surface area contributed by atoms with Crippen LogP contribution < -0.4 is 4.90 Å². The van der Waals surface area contributed by atoms with Gasteiger partial charge in [0.1, 0.15) is 0 Å². The normalized spacial score (nSPS) is 12.7. The van der Waals surface area contributed by atoms with E-state index in [-0.39, 0.29) is 5.41 Å². The standard InChI is InChI=1S/C75H50N4S/c1-75(2)64-29-17-16-26-58(64)59-40-38-55(45-65(59)75)78(52-34-30-48(31-35-52)47-18-6-3-7-19-47)54-39-43-69-63(44-54)62-41-42-68-71(73(62)80-69)70-60-27-14-12-24-56(60)57-25-13-15-28-61(57)72(70)79(68)53-36-32-51(33-37-53)74-76-66(49-20-8-4-9-21-49)46-67(77-74)50-22-10-5-11-23-50/h3-46H,1-2H3. The van der Waals surface area contributed by atoms with Gasteiger partial charge < -0.3 is 9.47 Å². The van der Waals surface area contributed by atoms with Crippen LogP contribution in [0.4, 0.5) is 17.1 Å². The lowest BCUT2D eigenvalue weighted by Crippen LogP contribution is -2.16. The molecule has 0 aliphatic heterocycles. The quantitative estimate of drug-likeness (QED) is 0.142. The van der Waals surface area contributed by atoms with Crippen molar-refractivity contribution in [3.8, 4) is 61.8 Å². The third kappa shape index (κ3) is 7.21. The number of fused-ring (bicyclic) bond motifs is 15. The van der Waals surface area contributed by atoms with Crippen LogP contribution in [0.1, 0.15) is 25.0 Å². The Balaban J connectivity index is 0.890. The van der Waals surface area contributed by atoms with Crippen LogP contribution >= 0.6 is 11.3 Å². The van der Waals surface area contributed by atoms with E-state index >= 15 is 0 Å². The lowest BCUT2D eigenvalue weighted by Gasteiger charge is -2.28. The van der Waals surface area contributed by atoms with E-state index in [1.165, 1.54) is 96.9 Å². The molecule has 15 aromatic rings. The molecule has 1 aliphatic carbocycles. The van der Waals surface area contributed by atoms with Crippen LogP contribution in [-0.2, 0) is 5.41 Å². The van der Waals surface area contributed by atoms with Crippen molar-refractivity contribution in [2.45, 2.75) is 19.3 Å². The third-order valence-electron chi connectivity index (χ3n) is 16.8. The highest BCUT2D eigenvalue weighted by Gasteiger charge is 2.36. The van der Waals surface area contributed by atoms with Gasteiger partial charge in [0.2, 0.25) is 0 Å². The number of anilines is 3. The van der Waals surface area contributed by atoms with Crippen molar-refractivity contribution in [2.75, 3.05) is 4.90 Å². The van der Waals surface area contributed by atoms with E-state index in [1.54, 1.807) is 0 Å². The Hall–Kier alpha value is -9.94. The zero-order valence-electron chi connectivity index (χ0n) is 44.1. The predicted octanol–water partition coefficient (Wildman–Crippen LogP) is 20.7. The second kappa shape index (κ2) is 18.1. The first-order valence-corrected chi connectivity index (χ1v) is 28.3. The molecular weight excluding hydrogens is 989 g/mol. The van der Waals surface area contributed by atoms with Crippen molar-refractivity contribution in [1.29, 1.82) is 0 Å². The summed E-state index contributed by atoms with van der Waals surface area (Å²) in [5.74, 6) is 0.690.